The second-order valence-corrected chi connectivity index (χ2v) is 9.47. The van der Waals surface area contributed by atoms with Gasteiger partial charge < -0.3 is 10.6 Å². The van der Waals surface area contributed by atoms with Crippen molar-refractivity contribution in [3.8, 4) is 0 Å². The average Bonchev–Trinajstić information content (AvgIpc) is 3.29. The van der Waals surface area contributed by atoms with Crippen molar-refractivity contribution in [2.24, 2.45) is 0 Å². The maximum Gasteiger partial charge on any atom is 0.233 e. The van der Waals surface area contributed by atoms with Gasteiger partial charge in [-0.3, -0.25) is 4.79 Å². The number of thioether (sulfide) groups is 1. The lowest BCUT2D eigenvalue weighted by molar-refractivity contribution is -0.120. The molecular weight excluding hydrogens is 408 g/mol. The summed E-state index contributed by atoms with van der Waals surface area (Å²) in [5.41, 5.74) is 1.85. The monoisotopic (exact) mass is 424 g/mol. The highest BCUT2D eigenvalue weighted by Crippen LogP contribution is 2.32. The van der Waals surface area contributed by atoms with Crippen LogP contribution in [0.5, 0.6) is 0 Å². The van der Waals surface area contributed by atoms with Crippen molar-refractivity contribution in [1.29, 1.82) is 0 Å². The van der Waals surface area contributed by atoms with Crippen molar-refractivity contribution in [1.82, 2.24) is 15.5 Å². The molecule has 3 rings (SSSR count). The summed E-state index contributed by atoms with van der Waals surface area (Å²) >= 11 is 10.6. The first-order valence-corrected chi connectivity index (χ1v) is 10.8. The molecule has 0 radical (unpaired) electrons. The van der Waals surface area contributed by atoms with Gasteiger partial charge in [-0.05, 0) is 43.0 Å². The molecule has 0 aliphatic heterocycles. The van der Waals surface area contributed by atoms with Crippen LogP contribution in [-0.4, -0.2) is 21.4 Å². The number of benzene rings is 1. The summed E-state index contributed by atoms with van der Waals surface area (Å²) in [5, 5.41) is 17.6. The third-order valence-electron chi connectivity index (χ3n) is 3.58. The minimum absolute atomic E-state index is 0.0150. The zero-order valence-corrected chi connectivity index (χ0v) is 17.4. The number of carbonyl (C=O) groups is 1. The predicted molar refractivity (Wildman–Crippen MR) is 111 cm³/mol. The van der Waals surface area contributed by atoms with Crippen molar-refractivity contribution in [2.75, 3.05) is 5.32 Å². The fourth-order valence-corrected chi connectivity index (χ4v) is 4.85. The molecular formula is C17H17ClN4OS3. The van der Waals surface area contributed by atoms with Crippen LogP contribution in [0.25, 0.3) is 0 Å². The Hall–Kier alpha value is -1.61. The Morgan fingerprint density at radius 3 is 2.92 bits per heavy atom. The molecule has 0 spiro atoms. The molecule has 0 aliphatic rings. The molecule has 1 atom stereocenters. The molecule has 1 aromatic carbocycles. The van der Waals surface area contributed by atoms with Crippen LogP contribution in [0.4, 0.5) is 10.8 Å². The van der Waals surface area contributed by atoms with E-state index in [1.165, 1.54) is 23.1 Å². The van der Waals surface area contributed by atoms with Crippen molar-refractivity contribution < 1.29 is 4.79 Å². The molecule has 5 nitrogen and oxygen atoms in total. The Morgan fingerprint density at radius 1 is 1.31 bits per heavy atom. The zero-order valence-electron chi connectivity index (χ0n) is 14.2. The van der Waals surface area contributed by atoms with E-state index in [1.54, 1.807) is 11.3 Å². The van der Waals surface area contributed by atoms with Gasteiger partial charge in [-0.2, -0.15) is 0 Å². The SMILES string of the molecule is Cc1c(Cl)cccc1Nc1nnc(SC(C)C(=O)NCc2cccs2)s1. The molecule has 0 saturated heterocycles. The zero-order chi connectivity index (χ0) is 18.5. The van der Waals surface area contributed by atoms with Gasteiger partial charge in [-0.25, -0.2) is 0 Å². The highest BCUT2D eigenvalue weighted by atomic mass is 35.5. The quantitative estimate of drug-likeness (QED) is 0.516. The van der Waals surface area contributed by atoms with Gasteiger partial charge in [-0.1, -0.05) is 46.8 Å². The van der Waals surface area contributed by atoms with Gasteiger partial charge in [0.25, 0.3) is 0 Å². The highest BCUT2D eigenvalue weighted by molar-refractivity contribution is 8.02. The van der Waals surface area contributed by atoms with Gasteiger partial charge in [0.05, 0.1) is 11.8 Å². The second kappa shape index (κ2) is 8.85. The first-order valence-electron chi connectivity index (χ1n) is 7.85. The van der Waals surface area contributed by atoms with E-state index in [2.05, 4.69) is 20.8 Å². The van der Waals surface area contributed by atoms with E-state index in [9.17, 15) is 4.79 Å². The average molecular weight is 425 g/mol. The lowest BCUT2D eigenvalue weighted by atomic mass is 10.2. The van der Waals surface area contributed by atoms with Crippen LogP contribution in [0.3, 0.4) is 0 Å². The van der Waals surface area contributed by atoms with Crippen LogP contribution in [0.2, 0.25) is 5.02 Å². The molecule has 1 unspecified atom stereocenters. The Labute approximate surface area is 169 Å². The minimum atomic E-state index is -0.247. The van der Waals surface area contributed by atoms with Gasteiger partial charge in [0.1, 0.15) is 0 Å². The van der Waals surface area contributed by atoms with Gasteiger partial charge in [-0.15, -0.1) is 21.5 Å². The van der Waals surface area contributed by atoms with E-state index in [0.29, 0.717) is 16.7 Å². The minimum Gasteiger partial charge on any atom is -0.350 e. The lowest BCUT2D eigenvalue weighted by Gasteiger charge is -2.09. The summed E-state index contributed by atoms with van der Waals surface area (Å²) in [6.07, 6.45) is 0. The molecule has 0 saturated carbocycles. The smallest absolute Gasteiger partial charge is 0.233 e. The Kier molecular flexibility index (Phi) is 6.53. The summed E-state index contributed by atoms with van der Waals surface area (Å²) in [7, 11) is 0. The molecule has 2 aromatic heterocycles. The van der Waals surface area contributed by atoms with Crippen molar-refractivity contribution in [3.05, 3.63) is 51.2 Å². The normalized spacial score (nSPS) is 12.0. The third kappa shape index (κ3) is 4.97. The largest absolute Gasteiger partial charge is 0.350 e. The summed E-state index contributed by atoms with van der Waals surface area (Å²) in [5.74, 6) is -0.0150. The molecule has 3 aromatic rings. The van der Waals surface area contributed by atoms with Crippen LogP contribution >= 0.6 is 46.0 Å². The van der Waals surface area contributed by atoms with E-state index >= 15 is 0 Å². The highest BCUT2D eigenvalue weighted by Gasteiger charge is 2.17. The summed E-state index contributed by atoms with van der Waals surface area (Å²) < 4.78 is 0.742. The van der Waals surface area contributed by atoms with Gasteiger partial charge in [0.2, 0.25) is 11.0 Å². The van der Waals surface area contributed by atoms with Crippen LogP contribution in [0.15, 0.2) is 40.1 Å². The summed E-state index contributed by atoms with van der Waals surface area (Å²) in [6.45, 7) is 4.36. The molecule has 0 fully saturated rings. The van der Waals surface area contributed by atoms with E-state index in [0.717, 1.165) is 20.5 Å². The fourth-order valence-electron chi connectivity index (χ4n) is 2.10. The van der Waals surface area contributed by atoms with Crippen LogP contribution in [-0.2, 0) is 11.3 Å². The number of hydrogen-bond donors (Lipinski definition) is 2. The Bertz CT molecular complexity index is 882. The maximum absolute atomic E-state index is 12.2. The molecule has 9 heteroatoms. The summed E-state index contributed by atoms with van der Waals surface area (Å²) in [4.78, 5) is 13.4. The maximum atomic E-state index is 12.2. The first kappa shape index (κ1) is 19.2. The standard InChI is InChI=1S/C17H17ClN4OS3/c1-10-13(18)6-3-7-14(10)20-16-21-22-17(26-16)25-11(2)15(23)19-9-12-5-4-8-24-12/h3-8,11H,9H2,1-2H3,(H,19,23)(H,20,21). The fraction of sp³-hybridized carbons (Fsp3) is 0.235. The number of thiophene rings is 1. The molecule has 136 valence electrons. The number of aromatic nitrogens is 2. The molecule has 26 heavy (non-hydrogen) atoms. The lowest BCUT2D eigenvalue weighted by Crippen LogP contribution is -2.30. The van der Waals surface area contributed by atoms with Gasteiger partial charge in [0, 0.05) is 15.6 Å². The number of halogens is 1. The Morgan fingerprint density at radius 2 is 2.15 bits per heavy atom. The van der Waals surface area contributed by atoms with Crippen LogP contribution in [0.1, 0.15) is 17.4 Å². The molecule has 2 N–H and O–H groups in total. The molecule has 0 aliphatic carbocycles. The van der Waals surface area contributed by atoms with Crippen molar-refractivity contribution >= 4 is 62.8 Å². The van der Waals surface area contributed by atoms with E-state index in [4.69, 9.17) is 11.6 Å². The summed E-state index contributed by atoms with van der Waals surface area (Å²) in [6, 6.07) is 9.65. The van der Waals surface area contributed by atoms with Gasteiger partial charge >= 0.3 is 0 Å². The number of amides is 1. The number of rotatable bonds is 7. The van der Waals surface area contributed by atoms with Crippen LogP contribution < -0.4 is 10.6 Å². The number of anilines is 2. The van der Waals surface area contributed by atoms with Crippen molar-refractivity contribution in [2.45, 2.75) is 30.0 Å². The molecule has 1 amide bonds. The second-order valence-electron chi connectivity index (χ2n) is 5.47. The topological polar surface area (TPSA) is 66.9 Å². The van der Waals surface area contributed by atoms with E-state index in [1.807, 2.05) is 49.6 Å². The predicted octanol–water partition coefficient (Wildman–Crippen LogP) is 5.10. The number of nitrogens with one attached hydrogen (secondary N) is 2. The number of hydrogen-bond acceptors (Lipinski definition) is 7. The first-order chi connectivity index (χ1) is 12.5. The Balaban J connectivity index is 1.55. The van der Waals surface area contributed by atoms with Gasteiger partial charge in [0.15, 0.2) is 4.34 Å². The van der Waals surface area contributed by atoms with Crippen LogP contribution in [0, 0.1) is 6.92 Å². The third-order valence-corrected chi connectivity index (χ3v) is 6.89. The number of carbonyl (C=O) groups excluding carboxylic acids is 1. The van der Waals surface area contributed by atoms with E-state index < -0.39 is 0 Å². The number of nitrogens with zero attached hydrogens (tertiary/aromatic N) is 2. The molecule has 0 bridgehead atoms. The van der Waals surface area contributed by atoms with Crippen molar-refractivity contribution in [3.63, 3.8) is 0 Å². The molecule has 2 heterocycles. The van der Waals surface area contributed by atoms with E-state index in [-0.39, 0.29) is 11.2 Å².